The van der Waals surface area contributed by atoms with E-state index in [0.717, 1.165) is 23.7 Å². The molecule has 0 aliphatic heterocycles. The minimum absolute atomic E-state index is 0.573. The van der Waals surface area contributed by atoms with Crippen molar-refractivity contribution in [2.45, 2.75) is 32.1 Å². The molecular formula is C18H21F3OSi. The summed E-state index contributed by atoms with van der Waals surface area (Å²) in [5.74, 6) is 0. The van der Waals surface area contributed by atoms with Crippen molar-refractivity contribution >= 4 is 13.5 Å². The smallest absolute Gasteiger partial charge is 0.416 e. The highest BCUT2D eigenvalue weighted by Gasteiger charge is 2.32. The maximum atomic E-state index is 12.8. The van der Waals surface area contributed by atoms with Gasteiger partial charge in [0, 0.05) is 7.11 Å². The second-order valence-electron chi connectivity index (χ2n) is 5.56. The van der Waals surface area contributed by atoms with Crippen molar-refractivity contribution in [3.63, 3.8) is 0 Å². The fraction of sp³-hybridized carbons (Fsp3) is 0.333. The molecule has 2 aromatic rings. The third kappa shape index (κ3) is 3.67. The van der Waals surface area contributed by atoms with Crippen LogP contribution in [0.1, 0.15) is 19.4 Å². The molecule has 0 amide bonds. The Bertz CT molecular complexity index is 638. The van der Waals surface area contributed by atoms with Crippen LogP contribution in [0.25, 0.3) is 11.1 Å². The summed E-state index contributed by atoms with van der Waals surface area (Å²) in [5.41, 5.74) is 0.733. The summed E-state index contributed by atoms with van der Waals surface area (Å²) in [6, 6.07) is 15.1. The van der Waals surface area contributed by atoms with Gasteiger partial charge in [-0.15, -0.1) is 0 Å². The molecule has 0 bridgehead atoms. The zero-order valence-electron chi connectivity index (χ0n) is 13.6. The van der Waals surface area contributed by atoms with Crippen molar-refractivity contribution in [2.75, 3.05) is 7.11 Å². The fourth-order valence-electron chi connectivity index (χ4n) is 2.91. The normalized spacial score (nSPS) is 12.4. The van der Waals surface area contributed by atoms with Gasteiger partial charge in [-0.1, -0.05) is 50.2 Å². The zero-order valence-corrected chi connectivity index (χ0v) is 14.6. The maximum absolute atomic E-state index is 12.8. The van der Waals surface area contributed by atoms with Gasteiger partial charge in [-0.05, 0) is 40.5 Å². The topological polar surface area (TPSA) is 9.23 Å². The van der Waals surface area contributed by atoms with E-state index in [9.17, 15) is 13.2 Å². The molecule has 0 aliphatic carbocycles. The molecule has 0 fully saturated rings. The summed E-state index contributed by atoms with van der Waals surface area (Å²) in [7, 11) is -0.188. The van der Waals surface area contributed by atoms with Gasteiger partial charge in [0.2, 0.25) is 8.32 Å². The van der Waals surface area contributed by atoms with Gasteiger partial charge in [-0.3, -0.25) is 0 Å². The number of hydrogen-bond donors (Lipinski definition) is 0. The van der Waals surface area contributed by atoms with Gasteiger partial charge < -0.3 is 4.43 Å². The third-order valence-corrected chi connectivity index (χ3v) is 8.92. The Labute approximate surface area is 136 Å². The Morgan fingerprint density at radius 3 is 2.00 bits per heavy atom. The van der Waals surface area contributed by atoms with Crippen LogP contribution in [0.15, 0.2) is 48.5 Å². The molecule has 124 valence electrons. The van der Waals surface area contributed by atoms with Gasteiger partial charge in [-0.2, -0.15) is 13.2 Å². The first-order valence-electron chi connectivity index (χ1n) is 7.69. The van der Waals surface area contributed by atoms with Crippen LogP contribution >= 0.6 is 0 Å². The first kappa shape index (κ1) is 17.8. The molecule has 5 heteroatoms. The average molecular weight is 338 g/mol. The Hall–Kier alpha value is -1.59. The van der Waals surface area contributed by atoms with E-state index < -0.39 is 20.1 Å². The molecule has 0 aromatic heterocycles. The van der Waals surface area contributed by atoms with E-state index >= 15 is 0 Å². The molecule has 0 heterocycles. The summed E-state index contributed by atoms with van der Waals surface area (Å²) in [6.07, 6.45) is -4.32. The van der Waals surface area contributed by atoms with Crippen molar-refractivity contribution < 1.29 is 17.6 Å². The number of hydrogen-bond acceptors (Lipinski definition) is 1. The van der Waals surface area contributed by atoms with E-state index in [-0.39, 0.29) is 0 Å². The van der Waals surface area contributed by atoms with Crippen LogP contribution in [0.3, 0.4) is 0 Å². The second-order valence-corrected chi connectivity index (χ2v) is 9.95. The Morgan fingerprint density at radius 1 is 0.913 bits per heavy atom. The van der Waals surface area contributed by atoms with Crippen molar-refractivity contribution in [3.05, 3.63) is 54.1 Å². The van der Waals surface area contributed by atoms with Crippen LogP contribution in [0.5, 0.6) is 0 Å². The highest BCUT2D eigenvalue weighted by atomic mass is 28.4. The number of rotatable bonds is 5. The largest absolute Gasteiger partial charge is 0.416 e. The molecule has 0 spiro atoms. The van der Waals surface area contributed by atoms with Crippen LogP contribution in [0, 0.1) is 0 Å². The summed E-state index contributed by atoms with van der Waals surface area (Å²) < 4.78 is 44.3. The number of alkyl halides is 3. The molecule has 2 aromatic carbocycles. The van der Waals surface area contributed by atoms with Crippen molar-refractivity contribution in [2.24, 2.45) is 0 Å². The van der Waals surface area contributed by atoms with Gasteiger partial charge in [0.25, 0.3) is 0 Å². The van der Waals surface area contributed by atoms with Crippen LogP contribution in [-0.4, -0.2) is 15.4 Å². The van der Waals surface area contributed by atoms with Crippen molar-refractivity contribution in [3.8, 4) is 11.1 Å². The van der Waals surface area contributed by atoms with E-state index in [1.807, 2.05) is 24.3 Å². The van der Waals surface area contributed by atoms with Crippen LogP contribution < -0.4 is 5.19 Å². The number of halogens is 3. The van der Waals surface area contributed by atoms with E-state index in [4.69, 9.17) is 4.43 Å². The molecule has 2 rings (SSSR count). The summed E-state index contributed by atoms with van der Waals surface area (Å²) in [6.45, 7) is 4.25. The molecule has 1 nitrogen and oxygen atoms in total. The van der Waals surface area contributed by atoms with Crippen molar-refractivity contribution in [1.29, 1.82) is 0 Å². The van der Waals surface area contributed by atoms with Crippen LogP contribution in [0.4, 0.5) is 13.2 Å². The van der Waals surface area contributed by atoms with Gasteiger partial charge >= 0.3 is 6.18 Å². The van der Waals surface area contributed by atoms with Crippen LogP contribution in [0.2, 0.25) is 12.1 Å². The first-order chi connectivity index (χ1) is 10.9. The van der Waals surface area contributed by atoms with Crippen LogP contribution in [-0.2, 0) is 10.6 Å². The molecule has 0 unspecified atom stereocenters. The predicted octanol–water partition coefficient (Wildman–Crippen LogP) is 5.21. The molecular weight excluding hydrogens is 317 g/mol. The van der Waals surface area contributed by atoms with Gasteiger partial charge in [0.05, 0.1) is 5.56 Å². The first-order valence-corrected chi connectivity index (χ1v) is 10.0. The molecule has 0 radical (unpaired) electrons. The summed E-state index contributed by atoms with van der Waals surface area (Å²) in [5, 5.41) is 1.18. The average Bonchev–Trinajstić information content (AvgIpc) is 2.57. The van der Waals surface area contributed by atoms with E-state index in [0.29, 0.717) is 5.56 Å². The van der Waals surface area contributed by atoms with E-state index in [1.54, 1.807) is 13.2 Å². The fourth-order valence-corrected chi connectivity index (χ4v) is 5.81. The second kappa shape index (κ2) is 6.89. The molecule has 0 atom stereocenters. The third-order valence-electron chi connectivity index (χ3n) is 4.47. The molecule has 0 aliphatic rings. The molecule has 0 N–H and O–H groups in total. The monoisotopic (exact) mass is 338 g/mol. The Morgan fingerprint density at radius 2 is 1.52 bits per heavy atom. The Kier molecular flexibility index (Phi) is 5.32. The summed E-state index contributed by atoms with van der Waals surface area (Å²) >= 11 is 0. The lowest BCUT2D eigenvalue weighted by molar-refractivity contribution is -0.137. The predicted molar refractivity (Wildman–Crippen MR) is 90.2 cm³/mol. The van der Waals surface area contributed by atoms with Crippen molar-refractivity contribution in [1.82, 2.24) is 0 Å². The zero-order chi connectivity index (χ0) is 17.1. The SMILES string of the molecule is CC[Si](CC)(OC)c1ccc(-c2cccc(C(F)(F)F)c2)cc1. The minimum atomic E-state index is -4.32. The highest BCUT2D eigenvalue weighted by Crippen LogP contribution is 2.32. The van der Waals surface area contributed by atoms with Gasteiger partial charge in [0.1, 0.15) is 0 Å². The molecule has 0 saturated heterocycles. The molecule has 23 heavy (non-hydrogen) atoms. The lowest BCUT2D eigenvalue weighted by Crippen LogP contribution is -2.48. The van der Waals surface area contributed by atoms with E-state index in [2.05, 4.69) is 13.8 Å². The van der Waals surface area contributed by atoms with Gasteiger partial charge in [-0.25, -0.2) is 0 Å². The van der Waals surface area contributed by atoms with E-state index in [1.165, 1.54) is 17.3 Å². The maximum Gasteiger partial charge on any atom is 0.416 e. The quantitative estimate of drug-likeness (QED) is 0.680. The lowest BCUT2D eigenvalue weighted by Gasteiger charge is -2.27. The number of benzene rings is 2. The minimum Gasteiger partial charge on any atom is -0.416 e. The molecule has 0 saturated carbocycles. The Balaban J connectivity index is 2.37. The highest BCUT2D eigenvalue weighted by molar-refractivity contribution is 6.86. The van der Waals surface area contributed by atoms with Gasteiger partial charge in [0.15, 0.2) is 0 Å². The lowest BCUT2D eigenvalue weighted by atomic mass is 10.0. The summed E-state index contributed by atoms with van der Waals surface area (Å²) in [4.78, 5) is 0. The standard InChI is InChI=1S/C18H21F3OSi/c1-4-23(5-2,22-3)17-11-9-14(10-12-17)15-7-6-8-16(13-15)18(19,20)21/h6-13H,4-5H2,1-3H3.